The van der Waals surface area contributed by atoms with E-state index in [1.54, 1.807) is 0 Å². The third kappa shape index (κ3) is 8.39. The van der Waals surface area contributed by atoms with Crippen LogP contribution in [-0.2, 0) is 13.0 Å². The lowest BCUT2D eigenvalue weighted by Gasteiger charge is -2.33. The van der Waals surface area contributed by atoms with Gasteiger partial charge in [0, 0.05) is 45.2 Å². The van der Waals surface area contributed by atoms with Gasteiger partial charge in [-0.3, -0.25) is 4.99 Å². The molecule has 0 amide bonds. The molecule has 0 aromatic carbocycles. The Morgan fingerprint density at radius 3 is 2.89 bits per heavy atom. The van der Waals surface area contributed by atoms with E-state index in [9.17, 15) is 0 Å². The highest BCUT2D eigenvalue weighted by atomic mass is 32.2. The van der Waals surface area contributed by atoms with Gasteiger partial charge in [-0.2, -0.15) is 11.8 Å². The number of aliphatic imine (C=N–C) groups is 1. The molecule has 1 aliphatic rings. The molecule has 1 aromatic heterocycles. The first-order chi connectivity index (χ1) is 13.7. The lowest BCUT2D eigenvalue weighted by atomic mass is 10.0. The van der Waals surface area contributed by atoms with Gasteiger partial charge in [-0.1, -0.05) is 13.3 Å². The van der Waals surface area contributed by atoms with E-state index in [-0.39, 0.29) is 0 Å². The quantitative estimate of drug-likeness (QED) is 0.314. The fourth-order valence-electron chi connectivity index (χ4n) is 3.59. The Bertz CT molecular complexity index is 561. The summed E-state index contributed by atoms with van der Waals surface area (Å²) in [5, 5.41) is 15.2. The minimum atomic E-state index is 0.739. The molecule has 2 heterocycles. The van der Waals surface area contributed by atoms with Crippen molar-refractivity contribution in [3.05, 3.63) is 12.2 Å². The number of aromatic nitrogens is 3. The van der Waals surface area contributed by atoms with Gasteiger partial charge in [-0.15, -0.1) is 10.2 Å². The van der Waals surface area contributed by atoms with Gasteiger partial charge < -0.3 is 20.1 Å². The maximum Gasteiger partial charge on any atom is 0.191 e. The first kappa shape index (κ1) is 23.0. The van der Waals surface area contributed by atoms with E-state index in [2.05, 4.69) is 50.4 Å². The minimum Gasteiger partial charge on any atom is -0.356 e. The molecule has 2 N–H and O–H groups in total. The maximum absolute atomic E-state index is 4.75. The normalized spacial score (nSPS) is 18.4. The van der Waals surface area contributed by atoms with Gasteiger partial charge in [0.1, 0.15) is 12.2 Å². The van der Waals surface area contributed by atoms with Crippen LogP contribution in [0.3, 0.4) is 0 Å². The third-order valence-electron chi connectivity index (χ3n) is 5.29. The van der Waals surface area contributed by atoms with E-state index in [1.165, 1.54) is 32.4 Å². The summed E-state index contributed by atoms with van der Waals surface area (Å²) in [6.45, 7) is 10.4. The van der Waals surface area contributed by atoms with E-state index in [0.29, 0.717) is 0 Å². The second-order valence-corrected chi connectivity index (χ2v) is 8.44. The number of nitrogens with zero attached hydrogens (tertiary/aromatic N) is 5. The number of hydrogen-bond acceptors (Lipinski definition) is 5. The molecule has 1 unspecified atom stereocenters. The zero-order chi connectivity index (χ0) is 20.0. The summed E-state index contributed by atoms with van der Waals surface area (Å²) in [4.78, 5) is 7.38. The van der Waals surface area contributed by atoms with Gasteiger partial charge in [0.2, 0.25) is 0 Å². The Kier molecular flexibility index (Phi) is 11.4. The lowest BCUT2D eigenvalue weighted by Crippen LogP contribution is -2.42. The predicted molar refractivity (Wildman–Crippen MR) is 120 cm³/mol. The first-order valence-electron chi connectivity index (χ1n) is 10.9. The molecule has 1 atom stereocenters. The standard InChI is InChI=1S/C20H39N7S/c1-4-19-25-24-17-27(19)15-12-23-20(22-11-8-16-28-3)21-10-7-14-26-13-6-5-9-18(26)2/h17-18H,4-16H2,1-3H3,(H2,21,22,23). The molecule has 160 valence electrons. The van der Waals surface area contributed by atoms with Crippen LogP contribution in [0.25, 0.3) is 0 Å². The Balaban J connectivity index is 1.72. The number of hydrogen-bond donors (Lipinski definition) is 2. The van der Waals surface area contributed by atoms with Gasteiger partial charge in [-0.05, 0) is 51.2 Å². The van der Waals surface area contributed by atoms with Crippen molar-refractivity contribution in [2.24, 2.45) is 4.99 Å². The van der Waals surface area contributed by atoms with Crippen molar-refractivity contribution in [2.75, 3.05) is 44.7 Å². The summed E-state index contributed by atoms with van der Waals surface area (Å²) >= 11 is 1.88. The number of thioether (sulfide) groups is 1. The second kappa shape index (κ2) is 13.8. The molecular weight excluding hydrogens is 370 g/mol. The molecule has 0 bridgehead atoms. The van der Waals surface area contributed by atoms with E-state index in [1.807, 2.05) is 18.1 Å². The predicted octanol–water partition coefficient (Wildman–Crippen LogP) is 2.39. The average Bonchev–Trinajstić information content (AvgIpc) is 3.16. The van der Waals surface area contributed by atoms with Crippen LogP contribution in [0.5, 0.6) is 0 Å². The molecule has 0 aliphatic carbocycles. The fourth-order valence-corrected chi connectivity index (χ4v) is 4.00. The van der Waals surface area contributed by atoms with E-state index < -0.39 is 0 Å². The highest BCUT2D eigenvalue weighted by molar-refractivity contribution is 7.98. The van der Waals surface area contributed by atoms with Gasteiger partial charge in [0.15, 0.2) is 5.96 Å². The van der Waals surface area contributed by atoms with Crippen LogP contribution in [-0.4, -0.2) is 76.4 Å². The molecular formula is C20H39N7S. The molecule has 1 saturated heterocycles. The van der Waals surface area contributed by atoms with Crippen LogP contribution in [0, 0.1) is 0 Å². The van der Waals surface area contributed by atoms with Crippen molar-refractivity contribution in [3.63, 3.8) is 0 Å². The Labute approximate surface area is 175 Å². The molecule has 28 heavy (non-hydrogen) atoms. The first-order valence-corrected chi connectivity index (χ1v) is 12.3. The lowest BCUT2D eigenvalue weighted by molar-refractivity contribution is 0.159. The number of likely N-dealkylation sites (tertiary alicyclic amines) is 1. The van der Waals surface area contributed by atoms with Crippen molar-refractivity contribution < 1.29 is 0 Å². The molecule has 1 fully saturated rings. The van der Waals surface area contributed by atoms with Crippen LogP contribution in [0.15, 0.2) is 11.3 Å². The van der Waals surface area contributed by atoms with Crippen LogP contribution >= 0.6 is 11.8 Å². The van der Waals surface area contributed by atoms with Gasteiger partial charge in [-0.25, -0.2) is 0 Å². The molecule has 1 aromatic rings. The van der Waals surface area contributed by atoms with Crippen LogP contribution in [0.1, 0.15) is 51.8 Å². The SMILES string of the molecule is CCc1nncn1CCNC(=NCCCSC)NCCCN1CCCCC1C. The number of guanidine groups is 1. The van der Waals surface area contributed by atoms with E-state index >= 15 is 0 Å². The highest BCUT2D eigenvalue weighted by Gasteiger charge is 2.17. The summed E-state index contributed by atoms with van der Waals surface area (Å²) in [5.41, 5.74) is 0. The van der Waals surface area contributed by atoms with Crippen molar-refractivity contribution in [1.82, 2.24) is 30.3 Å². The van der Waals surface area contributed by atoms with Gasteiger partial charge >= 0.3 is 0 Å². The Hall–Kier alpha value is -1.28. The summed E-state index contributed by atoms with van der Waals surface area (Å²) < 4.78 is 2.11. The summed E-state index contributed by atoms with van der Waals surface area (Å²) in [7, 11) is 0. The molecule has 2 rings (SSSR count). The van der Waals surface area contributed by atoms with Crippen LogP contribution in [0.4, 0.5) is 0 Å². The summed E-state index contributed by atoms with van der Waals surface area (Å²) in [5.74, 6) is 3.12. The largest absolute Gasteiger partial charge is 0.356 e. The molecule has 7 nitrogen and oxygen atoms in total. The number of aryl methyl sites for hydroxylation is 1. The minimum absolute atomic E-state index is 0.739. The van der Waals surface area contributed by atoms with Gasteiger partial charge in [0.05, 0.1) is 0 Å². The Morgan fingerprint density at radius 1 is 1.25 bits per heavy atom. The van der Waals surface area contributed by atoms with Crippen molar-refractivity contribution in [2.45, 2.75) is 65.0 Å². The summed E-state index contributed by atoms with van der Waals surface area (Å²) in [6, 6.07) is 0.739. The highest BCUT2D eigenvalue weighted by Crippen LogP contribution is 2.16. The fraction of sp³-hybridized carbons (Fsp3) is 0.850. The second-order valence-electron chi connectivity index (χ2n) is 7.46. The zero-order valence-corrected chi connectivity index (χ0v) is 18.8. The molecule has 0 radical (unpaired) electrons. The van der Waals surface area contributed by atoms with Crippen LogP contribution < -0.4 is 10.6 Å². The summed E-state index contributed by atoms with van der Waals surface area (Å²) in [6.07, 6.45) is 11.2. The number of piperidine rings is 1. The van der Waals surface area contributed by atoms with Crippen molar-refractivity contribution in [3.8, 4) is 0 Å². The number of rotatable bonds is 12. The van der Waals surface area contributed by atoms with Crippen molar-refractivity contribution in [1.29, 1.82) is 0 Å². The third-order valence-corrected chi connectivity index (χ3v) is 5.99. The smallest absolute Gasteiger partial charge is 0.191 e. The van der Waals surface area contributed by atoms with E-state index in [4.69, 9.17) is 4.99 Å². The monoisotopic (exact) mass is 409 g/mol. The number of nitrogens with one attached hydrogen (secondary N) is 2. The maximum atomic E-state index is 4.75. The van der Waals surface area contributed by atoms with Crippen molar-refractivity contribution >= 4 is 17.7 Å². The molecule has 8 heteroatoms. The molecule has 1 aliphatic heterocycles. The Morgan fingerprint density at radius 2 is 2.11 bits per heavy atom. The van der Waals surface area contributed by atoms with Gasteiger partial charge in [0.25, 0.3) is 0 Å². The zero-order valence-electron chi connectivity index (χ0n) is 18.0. The average molecular weight is 410 g/mol. The van der Waals surface area contributed by atoms with E-state index in [0.717, 1.165) is 69.0 Å². The molecule has 0 spiro atoms. The molecule has 0 saturated carbocycles. The van der Waals surface area contributed by atoms with Crippen LogP contribution in [0.2, 0.25) is 0 Å². The topological polar surface area (TPSA) is 70.4 Å².